The molecule has 33 heavy (non-hydrogen) atoms. The Kier molecular flexibility index (Phi) is 5.56. The molecule has 0 spiro atoms. The minimum absolute atomic E-state index is 0.0161. The molecule has 2 aliphatic heterocycles. The molecule has 3 heterocycles. The Bertz CT molecular complexity index is 1170. The van der Waals surface area contributed by atoms with Gasteiger partial charge in [-0.3, -0.25) is 14.6 Å². The zero-order valence-corrected chi connectivity index (χ0v) is 18.3. The fourth-order valence-corrected chi connectivity index (χ4v) is 5.03. The molecular weight excluding hydrogens is 418 g/mol. The van der Waals surface area contributed by atoms with Gasteiger partial charge in [0.2, 0.25) is 5.91 Å². The minimum atomic E-state index is -0.277. The van der Waals surface area contributed by atoms with Crippen LogP contribution in [0.1, 0.15) is 21.8 Å². The van der Waals surface area contributed by atoms with Crippen molar-refractivity contribution in [2.45, 2.75) is 18.0 Å². The second-order valence-corrected chi connectivity index (χ2v) is 8.43. The van der Waals surface area contributed by atoms with Crippen LogP contribution < -0.4 is 4.74 Å². The monoisotopic (exact) mass is 443 g/mol. The quantitative estimate of drug-likeness (QED) is 0.655. The molecule has 2 aliphatic rings. The summed E-state index contributed by atoms with van der Waals surface area (Å²) in [5.74, 6) is 0.427. The number of fused-ring (bicyclic) bond motifs is 1. The largest absolute Gasteiger partial charge is 0.497 e. The smallest absolute Gasteiger partial charge is 0.255 e. The van der Waals surface area contributed by atoms with Gasteiger partial charge in [-0.15, -0.1) is 0 Å². The number of pyridine rings is 1. The molecule has 1 N–H and O–H groups in total. The highest BCUT2D eigenvalue weighted by molar-refractivity contribution is 5.97. The van der Waals surface area contributed by atoms with Crippen molar-refractivity contribution in [1.82, 2.24) is 14.8 Å². The molecule has 5 rings (SSSR count). The molecular formula is C26H25N3O4. The Morgan fingerprint density at radius 1 is 1.12 bits per heavy atom. The molecule has 1 aromatic heterocycles. The van der Waals surface area contributed by atoms with Crippen LogP contribution in [-0.2, 0) is 4.79 Å². The third-order valence-corrected chi connectivity index (χ3v) is 6.65. The average Bonchev–Trinajstić information content (AvgIpc) is 2.85. The van der Waals surface area contributed by atoms with Crippen LogP contribution >= 0.6 is 0 Å². The van der Waals surface area contributed by atoms with Gasteiger partial charge >= 0.3 is 0 Å². The number of aliphatic hydroxyl groups is 1. The lowest BCUT2D eigenvalue weighted by Gasteiger charge is -2.58. The molecule has 0 bridgehead atoms. The molecule has 2 amide bonds. The van der Waals surface area contributed by atoms with Crippen molar-refractivity contribution >= 4 is 11.8 Å². The Morgan fingerprint density at radius 2 is 1.94 bits per heavy atom. The van der Waals surface area contributed by atoms with Crippen LogP contribution in [-0.4, -0.2) is 70.6 Å². The fourth-order valence-electron chi connectivity index (χ4n) is 5.03. The Labute approximate surface area is 192 Å². The van der Waals surface area contributed by atoms with Crippen molar-refractivity contribution < 1.29 is 19.4 Å². The summed E-state index contributed by atoms with van der Waals surface area (Å²) in [5, 5.41) is 10.0. The summed E-state index contributed by atoms with van der Waals surface area (Å²) < 4.78 is 5.32. The summed E-state index contributed by atoms with van der Waals surface area (Å²) in [6.45, 7) is 0.335. The number of rotatable bonds is 5. The molecule has 0 unspecified atom stereocenters. The first kappa shape index (κ1) is 21.2. The van der Waals surface area contributed by atoms with Crippen molar-refractivity contribution in [1.29, 1.82) is 0 Å². The van der Waals surface area contributed by atoms with Crippen molar-refractivity contribution in [2.75, 3.05) is 26.8 Å². The van der Waals surface area contributed by atoms with E-state index < -0.39 is 0 Å². The van der Waals surface area contributed by atoms with Gasteiger partial charge in [-0.2, -0.15) is 0 Å². The van der Waals surface area contributed by atoms with Crippen molar-refractivity contribution in [3.8, 4) is 16.9 Å². The molecule has 2 aromatic carbocycles. The predicted octanol–water partition coefficient (Wildman–Crippen LogP) is 2.57. The standard InChI is InChI=1S/C26H25N3O4/c1-33-21-6-2-4-19(12-21)17-7-9-18(10-8-17)25-22-14-28(15-24(31)29(22)23(25)16-30)26(32)20-5-3-11-27-13-20/h2-13,22-23,25,30H,14-16H2,1H3/t22-,23-,25-/m0/s1. The molecule has 3 atom stereocenters. The van der Waals surface area contributed by atoms with Gasteiger partial charge in [0.1, 0.15) is 12.3 Å². The number of hydrogen-bond acceptors (Lipinski definition) is 5. The molecule has 168 valence electrons. The molecule has 0 saturated carbocycles. The van der Waals surface area contributed by atoms with E-state index in [0.717, 1.165) is 22.4 Å². The summed E-state index contributed by atoms with van der Waals surface area (Å²) in [4.78, 5) is 33.1. The summed E-state index contributed by atoms with van der Waals surface area (Å²) in [6, 6.07) is 19.0. The molecule has 0 radical (unpaired) electrons. The lowest BCUT2D eigenvalue weighted by Crippen LogP contribution is -2.73. The van der Waals surface area contributed by atoms with Crippen LogP contribution in [0, 0.1) is 0 Å². The van der Waals surface area contributed by atoms with Gasteiger partial charge in [0.05, 0.1) is 31.4 Å². The maximum atomic E-state index is 12.9. The number of benzene rings is 2. The third-order valence-electron chi connectivity index (χ3n) is 6.65. The Hall–Kier alpha value is -3.71. The number of carbonyl (C=O) groups excluding carboxylic acids is 2. The number of ether oxygens (including phenoxy) is 1. The summed E-state index contributed by atoms with van der Waals surface area (Å²) in [6.07, 6.45) is 3.13. The van der Waals surface area contributed by atoms with Gasteiger partial charge in [0.15, 0.2) is 0 Å². The Morgan fingerprint density at radius 3 is 2.64 bits per heavy atom. The van der Waals surface area contributed by atoms with Crippen molar-refractivity contribution in [2.24, 2.45) is 0 Å². The highest BCUT2D eigenvalue weighted by atomic mass is 16.5. The molecule has 2 saturated heterocycles. The van der Waals surface area contributed by atoms with Crippen LogP contribution in [0.3, 0.4) is 0 Å². The zero-order chi connectivity index (χ0) is 22.9. The van der Waals surface area contributed by atoms with E-state index in [1.807, 2.05) is 48.5 Å². The second kappa shape index (κ2) is 8.67. The Balaban J connectivity index is 1.38. The molecule has 3 aromatic rings. The van der Waals surface area contributed by atoms with Crippen LogP contribution in [0.25, 0.3) is 11.1 Å². The second-order valence-electron chi connectivity index (χ2n) is 8.43. The highest BCUT2D eigenvalue weighted by Gasteiger charge is 2.54. The first-order valence-corrected chi connectivity index (χ1v) is 11.0. The number of aliphatic hydroxyl groups excluding tert-OH is 1. The maximum Gasteiger partial charge on any atom is 0.255 e. The first-order valence-electron chi connectivity index (χ1n) is 11.0. The van der Waals surface area contributed by atoms with E-state index in [-0.39, 0.29) is 43.0 Å². The van der Waals surface area contributed by atoms with Crippen molar-refractivity contribution in [3.63, 3.8) is 0 Å². The van der Waals surface area contributed by atoms with Gasteiger partial charge in [-0.25, -0.2) is 0 Å². The van der Waals surface area contributed by atoms with Gasteiger partial charge in [0.25, 0.3) is 5.91 Å². The summed E-state index contributed by atoms with van der Waals surface area (Å²) in [5.41, 5.74) is 3.62. The number of nitrogens with zero attached hydrogens (tertiary/aromatic N) is 3. The SMILES string of the molecule is COc1cccc(-c2ccc([C@@H]3[C@H](CO)N4C(=O)CN(C(=O)c5cccnc5)C[C@@H]34)cc2)c1. The molecule has 7 heteroatoms. The normalized spacial score (nSPS) is 21.9. The lowest BCUT2D eigenvalue weighted by atomic mass is 9.73. The summed E-state index contributed by atoms with van der Waals surface area (Å²) >= 11 is 0. The molecule has 7 nitrogen and oxygen atoms in total. The van der Waals surface area contributed by atoms with Gasteiger partial charge in [-0.1, -0.05) is 36.4 Å². The van der Waals surface area contributed by atoms with Crippen LogP contribution in [0.2, 0.25) is 0 Å². The highest BCUT2D eigenvalue weighted by Crippen LogP contribution is 2.43. The van der Waals surface area contributed by atoms with E-state index in [0.29, 0.717) is 12.1 Å². The number of amides is 2. The molecule has 2 fully saturated rings. The van der Waals surface area contributed by atoms with E-state index in [1.165, 1.54) is 6.20 Å². The summed E-state index contributed by atoms with van der Waals surface area (Å²) in [7, 11) is 1.65. The first-order chi connectivity index (χ1) is 16.1. The number of aromatic nitrogens is 1. The maximum absolute atomic E-state index is 12.9. The molecule has 0 aliphatic carbocycles. The lowest BCUT2D eigenvalue weighted by molar-refractivity contribution is -0.159. The zero-order valence-electron chi connectivity index (χ0n) is 18.3. The number of piperazine rings is 1. The predicted molar refractivity (Wildman–Crippen MR) is 123 cm³/mol. The number of hydrogen-bond donors (Lipinski definition) is 1. The third kappa shape index (κ3) is 3.74. The topological polar surface area (TPSA) is 83.0 Å². The van der Waals surface area contributed by atoms with E-state index in [4.69, 9.17) is 4.74 Å². The van der Waals surface area contributed by atoms with E-state index >= 15 is 0 Å². The number of carbonyl (C=O) groups is 2. The van der Waals surface area contributed by atoms with Crippen LogP contribution in [0.5, 0.6) is 5.75 Å². The fraction of sp³-hybridized carbons (Fsp3) is 0.269. The average molecular weight is 444 g/mol. The van der Waals surface area contributed by atoms with Crippen LogP contribution in [0.4, 0.5) is 0 Å². The van der Waals surface area contributed by atoms with E-state index in [9.17, 15) is 14.7 Å². The van der Waals surface area contributed by atoms with Gasteiger partial charge < -0.3 is 19.6 Å². The van der Waals surface area contributed by atoms with Gasteiger partial charge in [-0.05, 0) is 41.0 Å². The number of methoxy groups -OCH3 is 1. The van der Waals surface area contributed by atoms with Gasteiger partial charge in [0, 0.05) is 24.9 Å². The van der Waals surface area contributed by atoms with E-state index in [1.54, 1.807) is 35.2 Å². The van der Waals surface area contributed by atoms with Crippen LogP contribution in [0.15, 0.2) is 73.1 Å². The van der Waals surface area contributed by atoms with Crippen molar-refractivity contribution in [3.05, 3.63) is 84.2 Å². The van der Waals surface area contributed by atoms with E-state index in [2.05, 4.69) is 4.98 Å². The minimum Gasteiger partial charge on any atom is -0.497 e.